The van der Waals surface area contributed by atoms with Crippen LogP contribution in [-0.2, 0) is 14.8 Å². The number of methoxy groups -OCH3 is 2. The molecular formula is C22H34N2O5S. The van der Waals surface area contributed by atoms with E-state index in [9.17, 15) is 13.2 Å². The number of carbonyl (C=O) groups excluding carboxylic acids is 1. The zero-order valence-electron chi connectivity index (χ0n) is 18.1. The number of nitrogens with one attached hydrogen (secondary N) is 1. The fourth-order valence-corrected chi connectivity index (χ4v) is 5.89. The third-order valence-corrected chi connectivity index (χ3v) is 8.16. The van der Waals surface area contributed by atoms with Gasteiger partial charge in [-0.05, 0) is 37.8 Å². The molecule has 7 nitrogen and oxygen atoms in total. The monoisotopic (exact) mass is 438 g/mol. The molecule has 1 heterocycles. The summed E-state index contributed by atoms with van der Waals surface area (Å²) in [5.74, 6) is 0.837. The third-order valence-electron chi connectivity index (χ3n) is 6.27. The summed E-state index contributed by atoms with van der Waals surface area (Å²) in [4.78, 5) is 12.9. The molecule has 30 heavy (non-hydrogen) atoms. The second-order valence-electron chi connectivity index (χ2n) is 8.25. The van der Waals surface area contributed by atoms with E-state index in [4.69, 9.17) is 9.47 Å². The van der Waals surface area contributed by atoms with Gasteiger partial charge in [0.2, 0.25) is 15.9 Å². The number of rotatable bonds is 6. The van der Waals surface area contributed by atoms with Gasteiger partial charge in [-0.2, -0.15) is 4.31 Å². The van der Waals surface area contributed by atoms with Crippen LogP contribution in [0.15, 0.2) is 23.1 Å². The largest absolute Gasteiger partial charge is 0.493 e. The van der Waals surface area contributed by atoms with Crippen LogP contribution >= 0.6 is 0 Å². The Bertz CT molecular complexity index is 811. The molecule has 1 saturated heterocycles. The number of ether oxygens (including phenoxy) is 2. The molecule has 3 rings (SSSR count). The first-order chi connectivity index (χ1) is 14.5. The van der Waals surface area contributed by atoms with Gasteiger partial charge in [0.05, 0.1) is 19.1 Å². The Morgan fingerprint density at radius 1 is 0.933 bits per heavy atom. The molecule has 1 saturated carbocycles. The standard InChI is InChI=1S/C22H34N2O5S/c1-28-20-11-10-19(16-21(20)29-2)30(26,27)24-14-12-17(13-15-24)22(25)23-18-8-6-4-3-5-7-9-18/h10-11,16-18H,3-9,12-15H2,1-2H3,(H,23,25). The van der Waals surface area contributed by atoms with Gasteiger partial charge in [-0.3, -0.25) is 4.79 Å². The highest BCUT2D eigenvalue weighted by Gasteiger charge is 2.33. The number of sulfonamides is 1. The van der Waals surface area contributed by atoms with E-state index in [1.807, 2.05) is 0 Å². The first-order valence-corrected chi connectivity index (χ1v) is 12.4. The van der Waals surface area contributed by atoms with E-state index in [1.165, 1.54) is 62.8 Å². The molecule has 8 heteroatoms. The van der Waals surface area contributed by atoms with Crippen LogP contribution < -0.4 is 14.8 Å². The van der Waals surface area contributed by atoms with Gasteiger partial charge in [-0.25, -0.2) is 8.42 Å². The van der Waals surface area contributed by atoms with Crippen LogP contribution in [0.4, 0.5) is 0 Å². The first-order valence-electron chi connectivity index (χ1n) is 11.0. The van der Waals surface area contributed by atoms with Gasteiger partial charge < -0.3 is 14.8 Å². The number of piperidine rings is 1. The molecule has 0 aromatic heterocycles. The highest BCUT2D eigenvalue weighted by molar-refractivity contribution is 7.89. The molecule has 1 aliphatic heterocycles. The molecular weight excluding hydrogens is 404 g/mol. The molecule has 0 radical (unpaired) electrons. The maximum absolute atomic E-state index is 13.0. The first kappa shape index (κ1) is 22.9. The highest BCUT2D eigenvalue weighted by Crippen LogP contribution is 2.32. The van der Waals surface area contributed by atoms with Gasteiger partial charge in [-0.15, -0.1) is 0 Å². The Labute approximate surface area is 180 Å². The molecule has 0 unspecified atom stereocenters. The average molecular weight is 439 g/mol. The summed E-state index contributed by atoms with van der Waals surface area (Å²) in [6.07, 6.45) is 9.35. The maximum atomic E-state index is 13.0. The minimum absolute atomic E-state index is 0.0868. The van der Waals surface area contributed by atoms with Gasteiger partial charge in [0.25, 0.3) is 0 Å². The molecule has 0 spiro atoms. The smallest absolute Gasteiger partial charge is 0.243 e. The van der Waals surface area contributed by atoms with Crippen LogP contribution in [-0.4, -0.2) is 52.0 Å². The fraction of sp³-hybridized carbons (Fsp3) is 0.682. The van der Waals surface area contributed by atoms with Crippen LogP contribution in [0, 0.1) is 5.92 Å². The lowest BCUT2D eigenvalue weighted by Gasteiger charge is -2.32. The second-order valence-corrected chi connectivity index (χ2v) is 10.2. The van der Waals surface area contributed by atoms with Crippen LogP contribution in [0.2, 0.25) is 0 Å². The summed E-state index contributed by atoms with van der Waals surface area (Å²) >= 11 is 0. The fourth-order valence-electron chi connectivity index (χ4n) is 4.40. The Morgan fingerprint density at radius 2 is 1.53 bits per heavy atom. The lowest BCUT2D eigenvalue weighted by Crippen LogP contribution is -2.45. The second kappa shape index (κ2) is 10.5. The molecule has 168 valence electrons. The maximum Gasteiger partial charge on any atom is 0.243 e. The number of carbonyl (C=O) groups is 1. The van der Waals surface area contributed by atoms with Crippen LogP contribution in [0.25, 0.3) is 0 Å². The van der Waals surface area contributed by atoms with E-state index >= 15 is 0 Å². The lowest BCUT2D eigenvalue weighted by atomic mass is 9.94. The number of benzene rings is 1. The number of hydrogen-bond acceptors (Lipinski definition) is 5. The zero-order valence-corrected chi connectivity index (χ0v) is 18.9. The van der Waals surface area contributed by atoms with Crippen molar-refractivity contribution in [3.8, 4) is 11.5 Å². The van der Waals surface area contributed by atoms with Crippen molar-refractivity contribution in [2.75, 3.05) is 27.3 Å². The van der Waals surface area contributed by atoms with Gasteiger partial charge in [0, 0.05) is 31.1 Å². The van der Waals surface area contributed by atoms with Crippen LogP contribution in [0.3, 0.4) is 0 Å². The van der Waals surface area contributed by atoms with Gasteiger partial charge >= 0.3 is 0 Å². The Balaban J connectivity index is 1.58. The molecule has 0 atom stereocenters. The summed E-state index contributed by atoms with van der Waals surface area (Å²) in [6, 6.07) is 4.89. The Morgan fingerprint density at radius 3 is 2.13 bits per heavy atom. The molecule has 2 aliphatic rings. The topological polar surface area (TPSA) is 84.9 Å². The number of nitrogens with zero attached hydrogens (tertiary/aromatic N) is 1. The minimum Gasteiger partial charge on any atom is -0.493 e. The van der Waals surface area contributed by atoms with E-state index in [2.05, 4.69) is 5.32 Å². The summed E-state index contributed by atoms with van der Waals surface area (Å²) in [7, 11) is -0.646. The van der Waals surface area contributed by atoms with Crippen molar-refractivity contribution in [3.05, 3.63) is 18.2 Å². The van der Waals surface area contributed by atoms with Crippen molar-refractivity contribution in [1.82, 2.24) is 9.62 Å². The van der Waals surface area contributed by atoms with Gasteiger partial charge in [0.1, 0.15) is 0 Å². The van der Waals surface area contributed by atoms with Crippen LogP contribution in [0.5, 0.6) is 11.5 Å². The van der Waals surface area contributed by atoms with Crippen molar-refractivity contribution in [1.29, 1.82) is 0 Å². The molecule has 1 aliphatic carbocycles. The Kier molecular flexibility index (Phi) is 7.99. The normalized spacial score (nSPS) is 20.2. The van der Waals surface area contributed by atoms with Crippen molar-refractivity contribution in [3.63, 3.8) is 0 Å². The molecule has 1 aromatic rings. The third kappa shape index (κ3) is 5.46. The number of amides is 1. The van der Waals surface area contributed by atoms with E-state index in [0.29, 0.717) is 37.4 Å². The molecule has 1 N–H and O–H groups in total. The molecule has 1 amide bonds. The summed E-state index contributed by atoms with van der Waals surface area (Å²) in [5.41, 5.74) is 0. The predicted octanol–water partition coefficient (Wildman–Crippen LogP) is 3.33. The van der Waals surface area contributed by atoms with Crippen molar-refractivity contribution >= 4 is 15.9 Å². The zero-order chi connectivity index (χ0) is 21.6. The van der Waals surface area contributed by atoms with Crippen molar-refractivity contribution in [2.24, 2.45) is 5.92 Å². The lowest BCUT2D eigenvalue weighted by molar-refractivity contribution is -0.127. The number of hydrogen-bond donors (Lipinski definition) is 1. The average Bonchev–Trinajstić information content (AvgIpc) is 2.75. The summed E-state index contributed by atoms with van der Waals surface area (Å²) in [5, 5.41) is 3.23. The van der Waals surface area contributed by atoms with Crippen LogP contribution in [0.1, 0.15) is 57.8 Å². The van der Waals surface area contributed by atoms with E-state index in [1.54, 1.807) is 6.07 Å². The quantitative estimate of drug-likeness (QED) is 0.736. The minimum atomic E-state index is -3.64. The summed E-state index contributed by atoms with van der Waals surface area (Å²) < 4.78 is 38.0. The van der Waals surface area contributed by atoms with Crippen molar-refractivity contribution in [2.45, 2.75) is 68.7 Å². The molecule has 2 fully saturated rings. The van der Waals surface area contributed by atoms with E-state index in [-0.39, 0.29) is 22.8 Å². The Hall–Kier alpha value is -1.80. The van der Waals surface area contributed by atoms with Gasteiger partial charge in [-0.1, -0.05) is 32.1 Å². The SMILES string of the molecule is COc1ccc(S(=O)(=O)N2CCC(C(=O)NC3CCCCCCC3)CC2)cc1OC. The van der Waals surface area contributed by atoms with E-state index < -0.39 is 10.0 Å². The molecule has 1 aromatic carbocycles. The summed E-state index contributed by atoms with van der Waals surface area (Å²) in [6.45, 7) is 0.693. The molecule has 0 bridgehead atoms. The van der Waals surface area contributed by atoms with Gasteiger partial charge in [0.15, 0.2) is 11.5 Å². The van der Waals surface area contributed by atoms with E-state index in [0.717, 1.165) is 12.8 Å². The van der Waals surface area contributed by atoms with Crippen molar-refractivity contribution < 1.29 is 22.7 Å². The highest BCUT2D eigenvalue weighted by atomic mass is 32.2. The predicted molar refractivity (Wildman–Crippen MR) is 115 cm³/mol.